The van der Waals surface area contributed by atoms with Crippen LogP contribution in [0, 0.1) is 24.1 Å². The first-order chi connectivity index (χ1) is 18.4. The standard InChI is InChI=1S/C28H28F4N6O/c1-16-10-19(6-7-22(16)29)25(18-4-5-18)34-26(39)21-12-17(15-38-9-8-36(2)27(38)33)11-20(13-21)23-14-24(28(30,31)32)35-37(23)3/h6-14,18,25,33H,4-5,15H2,1-3H3,(H,34,39). The molecule has 0 radical (unpaired) electrons. The molecule has 0 bridgehead atoms. The first-order valence-corrected chi connectivity index (χ1v) is 12.5. The highest BCUT2D eigenvalue weighted by molar-refractivity contribution is 5.96. The third kappa shape index (κ3) is 5.52. The van der Waals surface area contributed by atoms with Crippen LogP contribution in [0.15, 0.2) is 54.9 Å². The summed E-state index contributed by atoms with van der Waals surface area (Å²) in [5, 5.41) is 14.9. The molecule has 0 spiro atoms. The van der Waals surface area contributed by atoms with E-state index in [-0.39, 0.29) is 47.1 Å². The van der Waals surface area contributed by atoms with Gasteiger partial charge in [-0.25, -0.2) is 4.39 Å². The summed E-state index contributed by atoms with van der Waals surface area (Å²) in [6, 6.07) is 10.4. The fraction of sp³-hybridized carbons (Fsp3) is 0.321. The second kappa shape index (κ2) is 9.87. The average molecular weight is 541 g/mol. The number of carbonyl (C=O) groups is 1. The predicted molar refractivity (Wildman–Crippen MR) is 136 cm³/mol. The first-order valence-electron chi connectivity index (χ1n) is 12.5. The summed E-state index contributed by atoms with van der Waals surface area (Å²) in [6.07, 6.45) is 0.693. The number of aromatic nitrogens is 4. The summed E-state index contributed by atoms with van der Waals surface area (Å²) >= 11 is 0. The molecule has 1 unspecified atom stereocenters. The largest absolute Gasteiger partial charge is 0.435 e. The summed E-state index contributed by atoms with van der Waals surface area (Å²) in [6.45, 7) is 1.91. The van der Waals surface area contributed by atoms with Gasteiger partial charge in [0, 0.05) is 37.6 Å². The fourth-order valence-corrected chi connectivity index (χ4v) is 4.78. The Balaban J connectivity index is 1.54. The molecular weight excluding hydrogens is 512 g/mol. The lowest BCUT2D eigenvalue weighted by atomic mass is 9.98. The Morgan fingerprint density at radius 2 is 1.87 bits per heavy atom. The van der Waals surface area contributed by atoms with Crippen molar-refractivity contribution in [2.45, 2.75) is 38.5 Å². The zero-order valence-corrected chi connectivity index (χ0v) is 21.7. The van der Waals surface area contributed by atoms with E-state index in [0.29, 0.717) is 16.7 Å². The van der Waals surface area contributed by atoms with Gasteiger partial charge in [0.05, 0.1) is 18.3 Å². The highest BCUT2D eigenvalue weighted by atomic mass is 19.4. The number of benzene rings is 2. The lowest BCUT2D eigenvalue weighted by Crippen LogP contribution is -2.30. The normalized spacial score (nSPS) is 14.4. The van der Waals surface area contributed by atoms with Crippen LogP contribution in [0.2, 0.25) is 0 Å². The minimum atomic E-state index is -4.61. The number of amides is 1. The predicted octanol–water partition coefficient (Wildman–Crippen LogP) is 5.10. The second-order valence-corrected chi connectivity index (χ2v) is 10.1. The minimum absolute atomic E-state index is 0.204. The number of nitrogens with one attached hydrogen (secondary N) is 2. The van der Waals surface area contributed by atoms with E-state index in [2.05, 4.69) is 10.4 Å². The Bertz CT molecular complexity index is 1610. The van der Waals surface area contributed by atoms with E-state index in [1.165, 1.54) is 13.1 Å². The fourth-order valence-electron chi connectivity index (χ4n) is 4.78. The third-order valence-electron chi connectivity index (χ3n) is 7.07. The van der Waals surface area contributed by atoms with Crippen LogP contribution >= 0.6 is 0 Å². The molecule has 2 aromatic carbocycles. The molecule has 0 saturated heterocycles. The van der Waals surface area contributed by atoms with E-state index < -0.39 is 11.9 Å². The van der Waals surface area contributed by atoms with Gasteiger partial charge < -0.3 is 14.5 Å². The van der Waals surface area contributed by atoms with Crippen molar-refractivity contribution in [2.75, 3.05) is 0 Å². The Kier molecular flexibility index (Phi) is 6.69. The summed E-state index contributed by atoms with van der Waals surface area (Å²) in [4.78, 5) is 13.6. The molecule has 4 aromatic rings. The van der Waals surface area contributed by atoms with E-state index in [4.69, 9.17) is 5.41 Å². The first kappa shape index (κ1) is 26.5. The molecule has 2 heterocycles. The molecule has 1 amide bonds. The van der Waals surface area contributed by atoms with Crippen molar-refractivity contribution < 1.29 is 22.4 Å². The van der Waals surface area contributed by atoms with Crippen molar-refractivity contribution in [1.82, 2.24) is 24.2 Å². The van der Waals surface area contributed by atoms with Crippen LogP contribution in [-0.4, -0.2) is 24.8 Å². The number of aryl methyl sites for hydroxylation is 3. The summed E-state index contributed by atoms with van der Waals surface area (Å²) in [5.41, 5.74) is 2.00. The van der Waals surface area contributed by atoms with Gasteiger partial charge in [0.1, 0.15) is 5.82 Å². The number of halogens is 4. The van der Waals surface area contributed by atoms with Crippen molar-refractivity contribution >= 4 is 5.91 Å². The minimum Gasteiger partial charge on any atom is -0.345 e. The molecule has 5 rings (SSSR count). The van der Waals surface area contributed by atoms with Gasteiger partial charge in [0.25, 0.3) is 5.91 Å². The molecule has 1 fully saturated rings. The van der Waals surface area contributed by atoms with Crippen LogP contribution in [0.3, 0.4) is 0 Å². The summed E-state index contributed by atoms with van der Waals surface area (Å²) < 4.78 is 58.4. The number of carbonyl (C=O) groups excluding carboxylic acids is 1. The van der Waals surface area contributed by atoms with Crippen LogP contribution < -0.4 is 10.9 Å². The number of nitrogens with zero attached hydrogens (tertiary/aromatic N) is 4. The number of alkyl halides is 3. The maximum absolute atomic E-state index is 13.9. The Morgan fingerprint density at radius 3 is 2.46 bits per heavy atom. The van der Waals surface area contributed by atoms with Gasteiger partial charge in [-0.3, -0.25) is 14.9 Å². The number of rotatable bonds is 7. The molecule has 1 atom stereocenters. The smallest absolute Gasteiger partial charge is 0.345 e. The molecule has 0 aliphatic heterocycles. The molecule has 39 heavy (non-hydrogen) atoms. The zero-order chi connectivity index (χ0) is 28.1. The van der Waals surface area contributed by atoms with Crippen LogP contribution in [0.1, 0.15) is 51.6 Å². The molecule has 7 nitrogen and oxygen atoms in total. The van der Waals surface area contributed by atoms with Gasteiger partial charge >= 0.3 is 6.18 Å². The maximum atomic E-state index is 13.9. The number of hydrogen-bond acceptors (Lipinski definition) is 3. The van der Waals surface area contributed by atoms with E-state index in [0.717, 1.165) is 29.2 Å². The highest BCUT2D eigenvalue weighted by Crippen LogP contribution is 2.41. The monoisotopic (exact) mass is 540 g/mol. The van der Waals surface area contributed by atoms with E-state index in [9.17, 15) is 22.4 Å². The van der Waals surface area contributed by atoms with Crippen LogP contribution in [0.25, 0.3) is 11.3 Å². The van der Waals surface area contributed by atoms with Gasteiger partial charge in [-0.1, -0.05) is 12.1 Å². The van der Waals surface area contributed by atoms with Gasteiger partial charge in [0.2, 0.25) is 5.62 Å². The average Bonchev–Trinajstić information content (AvgIpc) is 3.57. The second-order valence-electron chi connectivity index (χ2n) is 10.1. The molecular formula is C28H28F4N6O. The Hall–Kier alpha value is -4.15. The SMILES string of the molecule is Cc1cc(C(NC(=O)c2cc(Cn3ccn(C)c3=N)cc(-c3cc(C(F)(F)F)nn3C)c2)C2CC2)ccc1F. The topological polar surface area (TPSA) is 80.6 Å². The van der Waals surface area contributed by atoms with Gasteiger partial charge in [-0.2, -0.15) is 18.3 Å². The van der Waals surface area contributed by atoms with Crippen LogP contribution in [0.5, 0.6) is 0 Å². The van der Waals surface area contributed by atoms with Crippen molar-refractivity contribution in [2.24, 2.45) is 20.0 Å². The van der Waals surface area contributed by atoms with Crippen molar-refractivity contribution in [3.05, 3.63) is 94.2 Å². The molecule has 11 heteroatoms. The van der Waals surface area contributed by atoms with E-state index in [1.54, 1.807) is 65.8 Å². The van der Waals surface area contributed by atoms with Crippen LogP contribution in [0.4, 0.5) is 17.6 Å². The third-order valence-corrected chi connectivity index (χ3v) is 7.07. The molecule has 204 valence electrons. The van der Waals surface area contributed by atoms with Gasteiger partial charge in [-0.15, -0.1) is 0 Å². The summed E-state index contributed by atoms with van der Waals surface area (Å²) in [7, 11) is 3.16. The quantitative estimate of drug-likeness (QED) is 0.320. The van der Waals surface area contributed by atoms with Gasteiger partial charge in [-0.05, 0) is 72.7 Å². The maximum Gasteiger partial charge on any atom is 0.435 e. The van der Waals surface area contributed by atoms with E-state index in [1.807, 2.05) is 0 Å². The lowest BCUT2D eigenvalue weighted by molar-refractivity contribution is -0.141. The highest BCUT2D eigenvalue weighted by Gasteiger charge is 2.35. The Morgan fingerprint density at radius 1 is 1.13 bits per heavy atom. The zero-order valence-electron chi connectivity index (χ0n) is 21.7. The Labute approximate surface area is 222 Å². The molecule has 2 aromatic heterocycles. The van der Waals surface area contributed by atoms with Crippen molar-refractivity contribution in [3.63, 3.8) is 0 Å². The summed E-state index contributed by atoms with van der Waals surface area (Å²) in [5.74, 6) is -0.489. The molecule has 1 saturated carbocycles. The molecule has 1 aliphatic carbocycles. The lowest BCUT2D eigenvalue weighted by Gasteiger charge is -2.20. The number of hydrogen-bond donors (Lipinski definition) is 2. The molecule has 1 aliphatic rings. The van der Waals surface area contributed by atoms with Crippen molar-refractivity contribution in [3.8, 4) is 11.3 Å². The van der Waals surface area contributed by atoms with Crippen molar-refractivity contribution in [1.29, 1.82) is 5.41 Å². The molecule has 2 N–H and O–H groups in total. The van der Waals surface area contributed by atoms with Crippen LogP contribution in [-0.2, 0) is 26.8 Å². The van der Waals surface area contributed by atoms with E-state index >= 15 is 0 Å². The van der Waals surface area contributed by atoms with Gasteiger partial charge in [0.15, 0.2) is 5.69 Å². The number of imidazole rings is 1.